The summed E-state index contributed by atoms with van der Waals surface area (Å²) >= 11 is 8.94. The number of anilines is 1. The maximum atomic E-state index is 12.0. The van der Waals surface area contributed by atoms with Gasteiger partial charge in [-0.05, 0) is 36.4 Å². The van der Waals surface area contributed by atoms with Gasteiger partial charge in [0.1, 0.15) is 5.15 Å². The topological polar surface area (TPSA) is 59.1 Å². The second-order valence-electron chi connectivity index (χ2n) is 3.43. The molecule has 0 aliphatic carbocycles. The van der Waals surface area contributed by atoms with Gasteiger partial charge in [-0.1, -0.05) is 27.5 Å². The van der Waals surface area contributed by atoms with Gasteiger partial charge in [0.2, 0.25) is 0 Å². The number of nitrogens with zero attached hydrogens (tertiary/aromatic N) is 1. The van der Waals surface area contributed by atoms with Gasteiger partial charge in [0.05, 0.1) is 4.90 Å². The number of rotatable bonds is 3. The van der Waals surface area contributed by atoms with E-state index in [9.17, 15) is 8.42 Å². The third kappa shape index (κ3) is 3.22. The molecule has 4 nitrogen and oxygen atoms in total. The Kier molecular flexibility index (Phi) is 3.89. The van der Waals surface area contributed by atoms with E-state index in [1.54, 1.807) is 24.3 Å². The van der Waals surface area contributed by atoms with Crippen molar-refractivity contribution in [1.29, 1.82) is 0 Å². The number of hydrogen-bond donors (Lipinski definition) is 1. The molecule has 18 heavy (non-hydrogen) atoms. The van der Waals surface area contributed by atoms with Gasteiger partial charge in [0.25, 0.3) is 10.0 Å². The van der Waals surface area contributed by atoms with Crippen molar-refractivity contribution < 1.29 is 8.42 Å². The minimum absolute atomic E-state index is 0.0745. The minimum Gasteiger partial charge on any atom is -0.280 e. The maximum absolute atomic E-state index is 12.0. The van der Waals surface area contributed by atoms with Gasteiger partial charge in [-0.15, -0.1) is 0 Å². The smallest absolute Gasteiger partial charge is 0.262 e. The normalized spacial score (nSPS) is 11.2. The first-order chi connectivity index (χ1) is 8.47. The first-order valence-electron chi connectivity index (χ1n) is 4.87. The van der Waals surface area contributed by atoms with Crippen LogP contribution < -0.4 is 4.72 Å². The third-order valence-electron chi connectivity index (χ3n) is 2.10. The van der Waals surface area contributed by atoms with Crippen LogP contribution in [0.3, 0.4) is 0 Å². The molecule has 0 aliphatic rings. The Balaban J connectivity index is 2.30. The van der Waals surface area contributed by atoms with Crippen molar-refractivity contribution in [3.63, 3.8) is 0 Å². The predicted octanol–water partition coefficient (Wildman–Crippen LogP) is 3.30. The molecule has 1 heterocycles. The van der Waals surface area contributed by atoms with Crippen LogP contribution >= 0.6 is 27.5 Å². The van der Waals surface area contributed by atoms with E-state index in [-0.39, 0.29) is 10.0 Å². The second kappa shape index (κ2) is 5.26. The largest absolute Gasteiger partial charge is 0.280 e. The lowest BCUT2D eigenvalue weighted by Gasteiger charge is -2.08. The number of pyridine rings is 1. The predicted molar refractivity (Wildman–Crippen MR) is 74.2 cm³/mol. The molecule has 0 saturated carbocycles. The Morgan fingerprint density at radius 1 is 1.17 bits per heavy atom. The van der Waals surface area contributed by atoms with Crippen LogP contribution in [0.25, 0.3) is 0 Å². The van der Waals surface area contributed by atoms with Crippen molar-refractivity contribution in [2.45, 2.75) is 4.90 Å². The number of hydrogen-bond acceptors (Lipinski definition) is 3. The van der Waals surface area contributed by atoms with Crippen LogP contribution in [0.4, 0.5) is 5.69 Å². The quantitative estimate of drug-likeness (QED) is 0.867. The second-order valence-corrected chi connectivity index (χ2v) is 6.41. The number of halogens is 2. The zero-order valence-electron chi connectivity index (χ0n) is 8.97. The average molecular weight is 348 g/mol. The maximum Gasteiger partial charge on any atom is 0.262 e. The van der Waals surface area contributed by atoms with E-state index in [1.807, 2.05) is 0 Å². The summed E-state index contributed by atoms with van der Waals surface area (Å²) in [5, 5.41) is 0.133. The van der Waals surface area contributed by atoms with E-state index in [1.165, 1.54) is 18.3 Å². The molecule has 1 aromatic carbocycles. The summed E-state index contributed by atoms with van der Waals surface area (Å²) in [7, 11) is -3.64. The zero-order valence-corrected chi connectivity index (χ0v) is 12.1. The van der Waals surface area contributed by atoms with E-state index in [0.717, 1.165) is 4.47 Å². The Bertz CT molecular complexity index is 659. The number of sulfonamides is 1. The Labute approximate surface area is 118 Å². The molecule has 1 N–H and O–H groups in total. The van der Waals surface area contributed by atoms with E-state index < -0.39 is 10.0 Å². The van der Waals surface area contributed by atoms with Crippen molar-refractivity contribution in [2.75, 3.05) is 4.72 Å². The Hall–Kier alpha value is -1.11. The highest BCUT2D eigenvalue weighted by Gasteiger charge is 2.14. The molecule has 0 radical (unpaired) electrons. The molecular weight excluding hydrogens is 340 g/mol. The summed E-state index contributed by atoms with van der Waals surface area (Å²) in [6.45, 7) is 0. The third-order valence-corrected chi connectivity index (χ3v) is 4.22. The molecule has 2 aromatic rings. The molecule has 94 valence electrons. The lowest BCUT2D eigenvalue weighted by atomic mass is 10.3. The van der Waals surface area contributed by atoms with Gasteiger partial charge in [-0.3, -0.25) is 4.72 Å². The lowest BCUT2D eigenvalue weighted by Crippen LogP contribution is -2.12. The highest BCUT2D eigenvalue weighted by Crippen LogP contribution is 2.19. The lowest BCUT2D eigenvalue weighted by molar-refractivity contribution is 0.601. The standard InChI is InChI=1S/C11H8BrClN2O2S/c12-8-1-3-9(4-2-8)15-18(16,17)10-5-6-14-11(13)7-10/h1-7,15H. The van der Waals surface area contributed by atoms with Gasteiger partial charge < -0.3 is 0 Å². The molecule has 7 heteroatoms. The van der Waals surface area contributed by atoms with Crippen molar-refractivity contribution in [1.82, 2.24) is 4.98 Å². The van der Waals surface area contributed by atoms with Gasteiger partial charge >= 0.3 is 0 Å². The van der Waals surface area contributed by atoms with Crippen LogP contribution in [-0.4, -0.2) is 13.4 Å². The van der Waals surface area contributed by atoms with Crippen LogP contribution in [0.5, 0.6) is 0 Å². The molecule has 1 aromatic heterocycles. The monoisotopic (exact) mass is 346 g/mol. The van der Waals surface area contributed by atoms with Crippen molar-refractivity contribution >= 4 is 43.2 Å². The zero-order chi connectivity index (χ0) is 13.2. The number of benzene rings is 1. The fraction of sp³-hybridized carbons (Fsp3) is 0. The number of nitrogens with one attached hydrogen (secondary N) is 1. The SMILES string of the molecule is O=S(=O)(Nc1ccc(Br)cc1)c1ccnc(Cl)c1. The Morgan fingerprint density at radius 2 is 1.83 bits per heavy atom. The van der Waals surface area contributed by atoms with Crippen molar-refractivity contribution in [3.8, 4) is 0 Å². The summed E-state index contributed by atoms with van der Waals surface area (Å²) in [5.74, 6) is 0. The highest BCUT2D eigenvalue weighted by molar-refractivity contribution is 9.10. The van der Waals surface area contributed by atoms with Crippen LogP contribution in [0.2, 0.25) is 5.15 Å². The van der Waals surface area contributed by atoms with E-state index in [4.69, 9.17) is 11.6 Å². The Morgan fingerprint density at radius 3 is 2.44 bits per heavy atom. The molecule has 0 saturated heterocycles. The number of aromatic nitrogens is 1. The fourth-order valence-corrected chi connectivity index (χ4v) is 2.86. The van der Waals surface area contributed by atoms with Gasteiger partial charge in [0.15, 0.2) is 0 Å². The van der Waals surface area contributed by atoms with Crippen LogP contribution in [0.15, 0.2) is 52.0 Å². The molecule has 0 unspecified atom stereocenters. The van der Waals surface area contributed by atoms with Crippen LogP contribution in [-0.2, 0) is 10.0 Å². The van der Waals surface area contributed by atoms with Crippen molar-refractivity contribution in [2.24, 2.45) is 0 Å². The molecule has 0 atom stereocenters. The van der Waals surface area contributed by atoms with Gasteiger partial charge in [0, 0.05) is 16.4 Å². The molecule has 0 bridgehead atoms. The summed E-state index contributed by atoms with van der Waals surface area (Å²) in [4.78, 5) is 3.81. The average Bonchev–Trinajstić information content (AvgIpc) is 2.32. The molecule has 0 spiro atoms. The first kappa shape index (κ1) is 13.3. The van der Waals surface area contributed by atoms with Gasteiger partial charge in [-0.2, -0.15) is 0 Å². The summed E-state index contributed by atoms with van der Waals surface area (Å²) < 4.78 is 27.4. The summed E-state index contributed by atoms with van der Waals surface area (Å²) in [6, 6.07) is 9.49. The highest BCUT2D eigenvalue weighted by atomic mass is 79.9. The van der Waals surface area contributed by atoms with Crippen molar-refractivity contribution in [3.05, 3.63) is 52.2 Å². The van der Waals surface area contributed by atoms with E-state index in [0.29, 0.717) is 5.69 Å². The molecule has 2 rings (SSSR count). The minimum atomic E-state index is -3.64. The molecule has 0 aliphatic heterocycles. The fourth-order valence-electron chi connectivity index (χ4n) is 1.28. The van der Waals surface area contributed by atoms with Crippen LogP contribution in [0.1, 0.15) is 0 Å². The van der Waals surface area contributed by atoms with Gasteiger partial charge in [-0.25, -0.2) is 13.4 Å². The molecule has 0 amide bonds. The molecule has 0 fully saturated rings. The molecular formula is C11H8BrClN2O2S. The summed E-state index contributed by atoms with van der Waals surface area (Å²) in [5.41, 5.74) is 0.478. The first-order valence-corrected chi connectivity index (χ1v) is 7.53. The van der Waals surface area contributed by atoms with Crippen LogP contribution in [0, 0.1) is 0 Å². The van der Waals surface area contributed by atoms with E-state index in [2.05, 4.69) is 25.6 Å². The van der Waals surface area contributed by atoms with E-state index >= 15 is 0 Å². The summed E-state index contributed by atoms with van der Waals surface area (Å²) in [6.07, 6.45) is 1.35.